The number of aromatic nitrogens is 1. The van der Waals surface area contributed by atoms with Crippen molar-refractivity contribution in [3.8, 4) is 5.75 Å². The van der Waals surface area contributed by atoms with E-state index in [4.69, 9.17) is 14.6 Å². The molecule has 1 aliphatic rings. The first-order valence-corrected chi connectivity index (χ1v) is 7.58. The number of ether oxygens (including phenoxy) is 2. The number of amides is 1. The predicted molar refractivity (Wildman–Crippen MR) is 82.6 cm³/mol. The number of nitrogens with one attached hydrogen (secondary N) is 1. The lowest BCUT2D eigenvalue weighted by molar-refractivity contribution is -0.145. The van der Waals surface area contributed by atoms with E-state index in [0.29, 0.717) is 44.1 Å². The number of likely N-dealkylation sites (tertiary alicyclic amines) is 1. The lowest BCUT2D eigenvalue weighted by Crippen LogP contribution is -2.41. The quantitative estimate of drug-likeness (QED) is 0.766. The number of hydrogen-bond acceptors (Lipinski definition) is 6. The van der Waals surface area contributed by atoms with Crippen molar-refractivity contribution in [2.24, 2.45) is 0 Å². The van der Waals surface area contributed by atoms with Crippen molar-refractivity contribution in [3.05, 3.63) is 18.3 Å². The van der Waals surface area contributed by atoms with E-state index in [2.05, 4.69) is 10.3 Å². The van der Waals surface area contributed by atoms with Gasteiger partial charge in [-0.15, -0.1) is 0 Å². The summed E-state index contributed by atoms with van der Waals surface area (Å²) in [5.74, 6) is 0.587. The smallest absolute Gasteiger partial charge is 0.407 e. The maximum atomic E-state index is 11.4. The molecule has 0 atom stereocenters. The Balaban J connectivity index is 1.90. The zero-order valence-electron chi connectivity index (χ0n) is 13.0. The fourth-order valence-corrected chi connectivity index (χ4v) is 2.36. The van der Waals surface area contributed by atoms with Gasteiger partial charge in [0.2, 0.25) is 0 Å². The minimum absolute atomic E-state index is 0.116. The van der Waals surface area contributed by atoms with Gasteiger partial charge in [-0.2, -0.15) is 0 Å². The largest absolute Gasteiger partial charge is 0.478 e. The van der Waals surface area contributed by atoms with Crippen molar-refractivity contribution in [2.75, 3.05) is 31.6 Å². The number of esters is 1. The minimum Gasteiger partial charge on any atom is -0.478 e. The molecule has 0 unspecified atom stereocenters. The van der Waals surface area contributed by atoms with Gasteiger partial charge in [-0.1, -0.05) is 0 Å². The van der Waals surface area contributed by atoms with Crippen LogP contribution in [0.1, 0.15) is 19.8 Å². The highest BCUT2D eigenvalue weighted by atomic mass is 16.6. The molecule has 2 heterocycles. The van der Waals surface area contributed by atoms with Gasteiger partial charge in [-0.05, 0) is 31.9 Å². The molecule has 1 saturated heterocycles. The second-order valence-electron chi connectivity index (χ2n) is 5.13. The van der Waals surface area contributed by atoms with E-state index in [-0.39, 0.29) is 12.6 Å². The summed E-state index contributed by atoms with van der Waals surface area (Å²) in [7, 11) is 0. The van der Waals surface area contributed by atoms with Gasteiger partial charge in [0.05, 0.1) is 6.61 Å². The van der Waals surface area contributed by atoms with Crippen molar-refractivity contribution in [1.82, 2.24) is 9.88 Å². The van der Waals surface area contributed by atoms with Crippen molar-refractivity contribution in [1.29, 1.82) is 0 Å². The summed E-state index contributed by atoms with van der Waals surface area (Å²) in [6.45, 7) is 2.84. The number of carbonyl (C=O) groups excluding carboxylic acids is 1. The fraction of sp³-hybridized carbons (Fsp3) is 0.533. The van der Waals surface area contributed by atoms with Crippen LogP contribution in [0, 0.1) is 0 Å². The molecule has 2 N–H and O–H groups in total. The Bertz CT molecular complexity index is 544. The van der Waals surface area contributed by atoms with Crippen LogP contribution >= 0.6 is 0 Å². The van der Waals surface area contributed by atoms with Crippen LogP contribution in [0.5, 0.6) is 5.75 Å². The van der Waals surface area contributed by atoms with Gasteiger partial charge >= 0.3 is 12.1 Å². The van der Waals surface area contributed by atoms with E-state index in [0.717, 1.165) is 0 Å². The average Bonchev–Trinajstić information content (AvgIpc) is 2.55. The van der Waals surface area contributed by atoms with Crippen LogP contribution in [0.15, 0.2) is 18.3 Å². The van der Waals surface area contributed by atoms with Crippen LogP contribution in [-0.2, 0) is 9.53 Å². The van der Waals surface area contributed by atoms with Gasteiger partial charge in [0.25, 0.3) is 0 Å². The lowest BCUT2D eigenvalue weighted by atomic mass is 10.1. The molecule has 0 bridgehead atoms. The molecule has 0 aliphatic carbocycles. The van der Waals surface area contributed by atoms with E-state index in [1.165, 1.54) is 4.90 Å². The van der Waals surface area contributed by atoms with Crippen molar-refractivity contribution in [3.63, 3.8) is 0 Å². The van der Waals surface area contributed by atoms with Gasteiger partial charge in [-0.3, -0.25) is 0 Å². The number of nitrogens with zero attached hydrogens (tertiary/aromatic N) is 2. The van der Waals surface area contributed by atoms with E-state index < -0.39 is 12.1 Å². The summed E-state index contributed by atoms with van der Waals surface area (Å²) in [5.41, 5.74) is 0. The highest BCUT2D eigenvalue weighted by Gasteiger charge is 2.23. The number of carbonyl (C=O) groups is 2. The third-order valence-electron chi connectivity index (χ3n) is 3.53. The molecule has 23 heavy (non-hydrogen) atoms. The van der Waals surface area contributed by atoms with Crippen LogP contribution in [0.4, 0.5) is 10.6 Å². The first-order chi connectivity index (χ1) is 11.1. The SMILES string of the molecule is CCOC(=O)COc1cccnc1NC1CCN(C(=O)O)CC1. The van der Waals surface area contributed by atoms with E-state index in [1.807, 2.05) is 0 Å². The minimum atomic E-state index is -0.889. The standard InChI is InChI=1S/C15H21N3O5/c1-2-22-13(19)10-23-12-4-3-7-16-14(12)17-11-5-8-18(9-6-11)15(20)21/h3-4,7,11H,2,5-6,8-10H2,1H3,(H,16,17)(H,20,21). The number of carboxylic acid groups (broad SMARTS) is 1. The van der Waals surface area contributed by atoms with E-state index >= 15 is 0 Å². The Morgan fingerprint density at radius 2 is 2.17 bits per heavy atom. The highest BCUT2D eigenvalue weighted by molar-refractivity contribution is 5.71. The summed E-state index contributed by atoms with van der Waals surface area (Å²) in [5, 5.41) is 12.2. The zero-order chi connectivity index (χ0) is 16.7. The van der Waals surface area contributed by atoms with Crippen LogP contribution in [-0.4, -0.2) is 59.4 Å². The summed E-state index contributed by atoms with van der Waals surface area (Å²) in [6.07, 6.45) is 2.13. The molecule has 8 heteroatoms. The van der Waals surface area contributed by atoms with Crippen LogP contribution in [0.25, 0.3) is 0 Å². The molecule has 2 rings (SSSR count). The second kappa shape index (κ2) is 8.21. The molecule has 1 aliphatic heterocycles. The maximum absolute atomic E-state index is 11.4. The fourth-order valence-electron chi connectivity index (χ4n) is 2.36. The molecular formula is C15H21N3O5. The molecule has 1 fully saturated rings. The normalized spacial score (nSPS) is 15.1. The van der Waals surface area contributed by atoms with Crippen molar-refractivity contribution < 1.29 is 24.2 Å². The van der Waals surface area contributed by atoms with Crippen LogP contribution < -0.4 is 10.1 Å². The number of rotatable bonds is 6. The highest BCUT2D eigenvalue weighted by Crippen LogP contribution is 2.24. The van der Waals surface area contributed by atoms with Gasteiger partial charge in [-0.25, -0.2) is 14.6 Å². The summed E-state index contributed by atoms with van der Waals surface area (Å²) < 4.78 is 10.3. The Morgan fingerprint density at radius 1 is 1.43 bits per heavy atom. The molecule has 1 aromatic heterocycles. The number of pyridine rings is 1. The number of hydrogen-bond donors (Lipinski definition) is 2. The lowest BCUT2D eigenvalue weighted by Gasteiger charge is -2.31. The predicted octanol–water partition coefficient (Wildman–Crippen LogP) is 1.58. The van der Waals surface area contributed by atoms with Gasteiger partial charge in [0, 0.05) is 25.3 Å². The maximum Gasteiger partial charge on any atom is 0.407 e. The third kappa shape index (κ3) is 5.01. The molecule has 0 saturated carbocycles. The van der Waals surface area contributed by atoms with Crippen molar-refractivity contribution >= 4 is 17.9 Å². The average molecular weight is 323 g/mol. The second-order valence-corrected chi connectivity index (χ2v) is 5.13. The first kappa shape index (κ1) is 16.9. The zero-order valence-corrected chi connectivity index (χ0v) is 13.0. The van der Waals surface area contributed by atoms with Crippen molar-refractivity contribution in [2.45, 2.75) is 25.8 Å². The Kier molecular flexibility index (Phi) is 6.02. The molecule has 0 spiro atoms. The van der Waals surface area contributed by atoms with Crippen LogP contribution in [0.2, 0.25) is 0 Å². The van der Waals surface area contributed by atoms with Gasteiger partial charge in [0.1, 0.15) is 0 Å². The molecule has 1 aromatic rings. The molecule has 1 amide bonds. The monoisotopic (exact) mass is 323 g/mol. The number of piperidine rings is 1. The molecule has 8 nitrogen and oxygen atoms in total. The summed E-state index contributed by atoms with van der Waals surface area (Å²) in [6, 6.07) is 3.56. The molecule has 0 aromatic carbocycles. The molecular weight excluding hydrogens is 302 g/mol. The first-order valence-electron chi connectivity index (χ1n) is 7.58. The third-order valence-corrected chi connectivity index (χ3v) is 3.53. The molecule has 0 radical (unpaired) electrons. The summed E-state index contributed by atoms with van der Waals surface area (Å²) >= 11 is 0. The summed E-state index contributed by atoms with van der Waals surface area (Å²) in [4.78, 5) is 27.9. The molecule has 126 valence electrons. The Morgan fingerprint density at radius 3 is 2.83 bits per heavy atom. The Hall–Kier alpha value is -2.51. The van der Waals surface area contributed by atoms with Gasteiger partial charge in [0.15, 0.2) is 18.2 Å². The Labute approximate surface area is 134 Å². The van der Waals surface area contributed by atoms with E-state index in [9.17, 15) is 9.59 Å². The van der Waals surface area contributed by atoms with Crippen LogP contribution in [0.3, 0.4) is 0 Å². The number of anilines is 1. The topological polar surface area (TPSA) is 101 Å². The van der Waals surface area contributed by atoms with E-state index in [1.54, 1.807) is 25.3 Å². The van der Waals surface area contributed by atoms with Gasteiger partial charge < -0.3 is 24.8 Å².